The molecule has 1 heterocycles. The van der Waals surface area contributed by atoms with Crippen molar-refractivity contribution in [3.63, 3.8) is 0 Å². The highest BCUT2D eigenvalue weighted by Crippen LogP contribution is 2.39. The fourth-order valence-electron chi connectivity index (χ4n) is 2.28. The van der Waals surface area contributed by atoms with Gasteiger partial charge in [0.2, 0.25) is 0 Å². The molecule has 0 atom stereocenters. The molecule has 120 valence electrons. The van der Waals surface area contributed by atoms with Gasteiger partial charge in [-0.1, -0.05) is 34.8 Å². The molecule has 2 aromatic carbocycles. The molecule has 3 aromatic rings. The Kier molecular flexibility index (Phi) is 4.57. The highest BCUT2D eigenvalue weighted by atomic mass is 35.5. The number of halogens is 3. The monoisotopic (exact) mass is 370 g/mol. The van der Waals surface area contributed by atoms with Crippen molar-refractivity contribution < 1.29 is 9.47 Å². The summed E-state index contributed by atoms with van der Waals surface area (Å²) in [5.41, 5.74) is 2.29. The van der Waals surface area contributed by atoms with Crippen LogP contribution in [0.3, 0.4) is 0 Å². The Hall–Kier alpha value is -1.62. The van der Waals surface area contributed by atoms with Crippen molar-refractivity contribution in [1.29, 1.82) is 0 Å². The lowest BCUT2D eigenvalue weighted by Gasteiger charge is -2.12. The van der Waals surface area contributed by atoms with Crippen LogP contribution in [-0.2, 0) is 0 Å². The zero-order valence-corrected chi connectivity index (χ0v) is 14.7. The molecular formula is C16H13Cl3N2O2. The lowest BCUT2D eigenvalue weighted by atomic mass is 10.2. The van der Waals surface area contributed by atoms with Gasteiger partial charge in [-0.2, -0.15) is 0 Å². The number of aromatic nitrogens is 2. The van der Waals surface area contributed by atoms with Crippen LogP contribution in [0, 0.1) is 0 Å². The fraction of sp³-hybridized carbons (Fsp3) is 0.188. The Balaban J connectivity index is 2.13. The van der Waals surface area contributed by atoms with Gasteiger partial charge < -0.3 is 14.5 Å². The molecule has 1 aromatic heterocycles. The van der Waals surface area contributed by atoms with Crippen molar-refractivity contribution >= 4 is 45.8 Å². The van der Waals surface area contributed by atoms with Crippen LogP contribution >= 0.6 is 34.8 Å². The number of nitrogens with one attached hydrogen (secondary N) is 1. The van der Waals surface area contributed by atoms with E-state index in [-0.39, 0.29) is 0 Å². The number of hydrogen-bond acceptors (Lipinski definition) is 3. The molecule has 0 fully saturated rings. The van der Waals surface area contributed by atoms with Crippen LogP contribution in [0.4, 0.5) is 0 Å². The van der Waals surface area contributed by atoms with Gasteiger partial charge in [-0.25, -0.2) is 4.98 Å². The highest BCUT2D eigenvalue weighted by molar-refractivity contribution is 6.42. The van der Waals surface area contributed by atoms with Gasteiger partial charge in [0.25, 0.3) is 0 Å². The third-order valence-electron chi connectivity index (χ3n) is 3.32. The first-order chi connectivity index (χ1) is 11.0. The fourth-order valence-corrected chi connectivity index (χ4v) is 2.87. The van der Waals surface area contributed by atoms with Crippen LogP contribution in [0.5, 0.6) is 11.5 Å². The van der Waals surface area contributed by atoms with Crippen molar-refractivity contribution in [3.05, 3.63) is 39.3 Å². The maximum atomic E-state index is 6.30. The van der Waals surface area contributed by atoms with Gasteiger partial charge in [0.1, 0.15) is 5.82 Å². The van der Waals surface area contributed by atoms with E-state index in [1.165, 1.54) is 0 Å². The van der Waals surface area contributed by atoms with Gasteiger partial charge in [0.05, 0.1) is 39.8 Å². The largest absolute Gasteiger partial charge is 0.493 e. The van der Waals surface area contributed by atoms with Gasteiger partial charge >= 0.3 is 0 Å². The molecule has 0 aliphatic carbocycles. The summed E-state index contributed by atoms with van der Waals surface area (Å²) in [5.74, 6) is 1.70. The Morgan fingerprint density at radius 3 is 2.48 bits per heavy atom. The summed E-state index contributed by atoms with van der Waals surface area (Å²) in [4.78, 5) is 7.72. The molecule has 0 spiro atoms. The standard InChI is InChI=1S/C16H13Cl3N2O2/c1-3-23-15-11(19)4-8(5-14(15)22-2)16-20-12-6-9(17)10(18)7-13(12)21-16/h4-7H,3H2,1-2H3,(H,20,21). The number of aromatic amines is 1. The number of methoxy groups -OCH3 is 1. The number of H-pyrrole nitrogens is 1. The Bertz CT molecular complexity index is 838. The van der Waals surface area contributed by atoms with Crippen LogP contribution in [-0.4, -0.2) is 23.7 Å². The lowest BCUT2D eigenvalue weighted by Crippen LogP contribution is -1.97. The minimum Gasteiger partial charge on any atom is -0.493 e. The van der Waals surface area contributed by atoms with Crippen LogP contribution in [0.25, 0.3) is 22.4 Å². The maximum Gasteiger partial charge on any atom is 0.179 e. The maximum absolute atomic E-state index is 6.30. The van der Waals surface area contributed by atoms with E-state index >= 15 is 0 Å². The molecule has 4 nitrogen and oxygen atoms in total. The molecule has 3 rings (SSSR count). The first-order valence-corrected chi connectivity index (χ1v) is 8.02. The van der Waals surface area contributed by atoms with E-state index in [9.17, 15) is 0 Å². The van der Waals surface area contributed by atoms with E-state index in [0.717, 1.165) is 16.6 Å². The molecule has 7 heteroatoms. The number of nitrogens with zero attached hydrogens (tertiary/aromatic N) is 1. The smallest absolute Gasteiger partial charge is 0.179 e. The van der Waals surface area contributed by atoms with Gasteiger partial charge in [-0.15, -0.1) is 0 Å². The quantitative estimate of drug-likeness (QED) is 0.649. The molecule has 0 amide bonds. The van der Waals surface area contributed by atoms with Crippen LogP contribution in [0.1, 0.15) is 6.92 Å². The second kappa shape index (κ2) is 6.48. The molecule has 0 saturated carbocycles. The first-order valence-electron chi connectivity index (χ1n) is 6.89. The van der Waals surface area contributed by atoms with E-state index in [1.807, 2.05) is 13.0 Å². The van der Waals surface area contributed by atoms with E-state index in [4.69, 9.17) is 44.3 Å². The topological polar surface area (TPSA) is 47.1 Å². The third kappa shape index (κ3) is 3.07. The third-order valence-corrected chi connectivity index (χ3v) is 4.32. The summed E-state index contributed by atoms with van der Waals surface area (Å²) in [7, 11) is 1.57. The zero-order valence-electron chi connectivity index (χ0n) is 12.4. The minimum absolute atomic E-state index is 0.456. The molecule has 0 saturated heterocycles. The van der Waals surface area contributed by atoms with Gasteiger partial charge in [0, 0.05) is 5.56 Å². The van der Waals surface area contributed by atoms with Gasteiger partial charge in [-0.3, -0.25) is 0 Å². The van der Waals surface area contributed by atoms with Crippen molar-refractivity contribution in [2.75, 3.05) is 13.7 Å². The van der Waals surface area contributed by atoms with E-state index in [0.29, 0.717) is 39.0 Å². The number of ether oxygens (including phenoxy) is 2. The second-order valence-corrected chi connectivity index (χ2v) is 6.01. The summed E-state index contributed by atoms with van der Waals surface area (Å²) in [6.07, 6.45) is 0. The Morgan fingerprint density at radius 1 is 1.04 bits per heavy atom. The number of hydrogen-bond donors (Lipinski definition) is 1. The SMILES string of the molecule is CCOc1c(Cl)cc(-c2nc3cc(Cl)c(Cl)cc3[nH]2)cc1OC. The summed E-state index contributed by atoms with van der Waals surface area (Å²) < 4.78 is 10.9. The van der Waals surface area contributed by atoms with Crippen LogP contribution in [0.2, 0.25) is 15.1 Å². The molecule has 0 radical (unpaired) electrons. The van der Waals surface area contributed by atoms with Crippen LogP contribution < -0.4 is 9.47 Å². The molecule has 1 N–H and O–H groups in total. The number of benzene rings is 2. The van der Waals surface area contributed by atoms with Crippen LogP contribution in [0.15, 0.2) is 24.3 Å². The molecular weight excluding hydrogens is 359 g/mol. The molecule has 0 bridgehead atoms. The summed E-state index contributed by atoms with van der Waals surface area (Å²) in [5, 5.41) is 1.38. The van der Waals surface area contributed by atoms with Crippen molar-refractivity contribution in [2.24, 2.45) is 0 Å². The van der Waals surface area contributed by atoms with Crippen molar-refractivity contribution in [1.82, 2.24) is 9.97 Å². The lowest BCUT2D eigenvalue weighted by molar-refractivity contribution is 0.311. The predicted molar refractivity (Wildman–Crippen MR) is 94.3 cm³/mol. The Morgan fingerprint density at radius 2 is 1.78 bits per heavy atom. The Labute approximate surface area is 148 Å². The zero-order chi connectivity index (χ0) is 16.6. The first kappa shape index (κ1) is 16.2. The predicted octanol–water partition coefficient (Wildman–Crippen LogP) is 5.60. The normalized spacial score (nSPS) is 11.0. The van der Waals surface area contributed by atoms with Crippen molar-refractivity contribution in [2.45, 2.75) is 6.92 Å². The highest BCUT2D eigenvalue weighted by Gasteiger charge is 2.15. The summed E-state index contributed by atoms with van der Waals surface area (Å²) in [6, 6.07) is 7.05. The van der Waals surface area contributed by atoms with Gasteiger partial charge in [0.15, 0.2) is 11.5 Å². The second-order valence-electron chi connectivity index (χ2n) is 4.79. The number of fused-ring (bicyclic) bond motifs is 1. The van der Waals surface area contributed by atoms with E-state index in [2.05, 4.69) is 9.97 Å². The summed E-state index contributed by atoms with van der Waals surface area (Å²) >= 11 is 18.4. The molecule has 0 aliphatic rings. The average Bonchev–Trinajstić information content (AvgIpc) is 2.92. The van der Waals surface area contributed by atoms with E-state index < -0.39 is 0 Å². The molecule has 23 heavy (non-hydrogen) atoms. The molecule has 0 aliphatic heterocycles. The minimum atomic E-state index is 0.456. The average molecular weight is 372 g/mol. The summed E-state index contributed by atoms with van der Waals surface area (Å²) in [6.45, 7) is 2.38. The van der Waals surface area contributed by atoms with Crippen molar-refractivity contribution in [3.8, 4) is 22.9 Å². The molecule has 0 unspecified atom stereocenters. The van der Waals surface area contributed by atoms with E-state index in [1.54, 1.807) is 25.3 Å². The van der Waals surface area contributed by atoms with Gasteiger partial charge in [-0.05, 0) is 31.2 Å². The number of rotatable bonds is 4. The number of imidazole rings is 1.